The standard InChI is InChI=1S/C12H22FNO3.Na/c1-3-10(13)7-5-6-8-11(15)14(4-2)9-12(16)17;/h10H,3-9H2,1-2H3,(H,16,17);/q;+1/p-1. The number of halogens is 1. The number of carboxylic acid groups (broad SMARTS) is 1. The summed E-state index contributed by atoms with van der Waals surface area (Å²) in [6, 6.07) is 0. The van der Waals surface area contributed by atoms with Gasteiger partial charge in [0.2, 0.25) is 5.91 Å². The van der Waals surface area contributed by atoms with Crippen molar-refractivity contribution in [1.29, 1.82) is 0 Å². The molecule has 1 unspecified atom stereocenters. The first-order valence-corrected chi connectivity index (χ1v) is 6.12. The molecular weight excluding hydrogens is 248 g/mol. The van der Waals surface area contributed by atoms with Crippen LogP contribution >= 0.6 is 0 Å². The zero-order valence-corrected chi connectivity index (χ0v) is 13.6. The van der Waals surface area contributed by atoms with E-state index < -0.39 is 12.1 Å². The Labute approximate surface area is 130 Å². The van der Waals surface area contributed by atoms with Crippen LogP contribution in [0.4, 0.5) is 4.39 Å². The first kappa shape index (κ1) is 20.2. The Bertz CT molecular complexity index is 251. The van der Waals surface area contributed by atoms with E-state index in [1.54, 1.807) is 13.8 Å². The Morgan fingerprint density at radius 3 is 2.33 bits per heavy atom. The number of hydrogen-bond acceptors (Lipinski definition) is 3. The second-order valence-electron chi connectivity index (χ2n) is 4.03. The minimum Gasteiger partial charge on any atom is -0.548 e. The molecule has 0 spiro atoms. The molecule has 4 nitrogen and oxygen atoms in total. The van der Waals surface area contributed by atoms with Gasteiger partial charge < -0.3 is 14.8 Å². The molecule has 1 amide bonds. The van der Waals surface area contributed by atoms with Crippen LogP contribution in [-0.2, 0) is 9.59 Å². The summed E-state index contributed by atoms with van der Waals surface area (Å²) in [4.78, 5) is 23.2. The van der Waals surface area contributed by atoms with E-state index in [1.807, 2.05) is 0 Å². The fourth-order valence-corrected chi connectivity index (χ4v) is 1.54. The summed E-state index contributed by atoms with van der Waals surface area (Å²) in [7, 11) is 0. The molecule has 0 radical (unpaired) electrons. The van der Waals surface area contributed by atoms with Gasteiger partial charge in [-0.2, -0.15) is 0 Å². The molecule has 18 heavy (non-hydrogen) atoms. The average Bonchev–Trinajstić information content (AvgIpc) is 2.30. The molecule has 0 aromatic heterocycles. The SMILES string of the molecule is CCC(F)CCCCC(=O)N(CC)CC(=O)[O-].[Na+]. The molecule has 0 aromatic rings. The first-order chi connectivity index (χ1) is 8.01. The van der Waals surface area contributed by atoms with Gasteiger partial charge in [-0.05, 0) is 26.2 Å². The van der Waals surface area contributed by atoms with Gasteiger partial charge in [0, 0.05) is 13.0 Å². The molecule has 0 N–H and O–H groups in total. The Morgan fingerprint density at radius 1 is 1.28 bits per heavy atom. The molecule has 0 heterocycles. The number of carbonyl (C=O) groups is 2. The van der Waals surface area contributed by atoms with Crippen LogP contribution in [0.2, 0.25) is 0 Å². The van der Waals surface area contributed by atoms with Crippen LogP contribution in [0, 0.1) is 0 Å². The summed E-state index contributed by atoms with van der Waals surface area (Å²) < 4.78 is 12.9. The number of amides is 1. The van der Waals surface area contributed by atoms with E-state index in [-0.39, 0.29) is 48.4 Å². The molecule has 1 atom stereocenters. The maximum atomic E-state index is 12.9. The molecule has 100 valence electrons. The summed E-state index contributed by atoms with van der Waals surface area (Å²) in [5.74, 6) is -1.46. The van der Waals surface area contributed by atoms with Crippen LogP contribution in [0.1, 0.15) is 46.0 Å². The largest absolute Gasteiger partial charge is 1.00 e. The van der Waals surface area contributed by atoms with E-state index in [4.69, 9.17) is 0 Å². The topological polar surface area (TPSA) is 60.4 Å². The number of rotatable bonds is 9. The van der Waals surface area contributed by atoms with E-state index in [2.05, 4.69) is 0 Å². The van der Waals surface area contributed by atoms with E-state index in [1.165, 1.54) is 4.90 Å². The fourth-order valence-electron chi connectivity index (χ4n) is 1.54. The molecule has 0 fully saturated rings. The minimum atomic E-state index is -1.25. The minimum absolute atomic E-state index is 0. The zero-order valence-electron chi connectivity index (χ0n) is 11.6. The first-order valence-electron chi connectivity index (χ1n) is 6.12. The predicted molar refractivity (Wildman–Crippen MR) is 60.9 cm³/mol. The van der Waals surface area contributed by atoms with Gasteiger partial charge in [-0.25, -0.2) is 4.39 Å². The van der Waals surface area contributed by atoms with Crippen LogP contribution in [0.5, 0.6) is 0 Å². The second-order valence-corrected chi connectivity index (χ2v) is 4.03. The van der Waals surface area contributed by atoms with E-state index in [9.17, 15) is 19.1 Å². The number of carbonyl (C=O) groups excluding carboxylic acids is 2. The smallest absolute Gasteiger partial charge is 0.548 e. The maximum absolute atomic E-state index is 12.9. The summed E-state index contributed by atoms with van der Waals surface area (Å²) in [6.07, 6.45) is 1.70. The van der Waals surface area contributed by atoms with Gasteiger partial charge in [0.15, 0.2) is 0 Å². The van der Waals surface area contributed by atoms with Crippen molar-refractivity contribution in [3.63, 3.8) is 0 Å². The van der Waals surface area contributed by atoms with E-state index >= 15 is 0 Å². The van der Waals surface area contributed by atoms with Gasteiger partial charge in [-0.15, -0.1) is 0 Å². The third kappa shape index (κ3) is 9.85. The number of likely N-dealkylation sites (N-methyl/N-ethyl adjacent to an activating group) is 1. The van der Waals surface area contributed by atoms with E-state index in [0.717, 1.165) is 0 Å². The van der Waals surface area contributed by atoms with Gasteiger partial charge in [0.25, 0.3) is 0 Å². The van der Waals surface area contributed by atoms with Crippen LogP contribution in [0.25, 0.3) is 0 Å². The average molecular weight is 269 g/mol. The molecule has 0 aromatic carbocycles. The second kappa shape index (κ2) is 11.9. The normalized spacial score (nSPS) is 11.5. The Hall–Kier alpha value is -0.130. The summed E-state index contributed by atoms with van der Waals surface area (Å²) in [6.45, 7) is 3.49. The quantitative estimate of drug-likeness (QED) is 0.356. The third-order valence-electron chi connectivity index (χ3n) is 2.66. The summed E-state index contributed by atoms with van der Waals surface area (Å²) in [5.41, 5.74) is 0. The van der Waals surface area contributed by atoms with E-state index in [0.29, 0.717) is 32.2 Å². The van der Waals surface area contributed by atoms with Crippen LogP contribution in [-0.4, -0.2) is 36.0 Å². The Kier molecular flexibility index (Phi) is 13.4. The van der Waals surface area contributed by atoms with Crippen LogP contribution in [0.15, 0.2) is 0 Å². The fraction of sp³-hybridized carbons (Fsp3) is 0.833. The number of carboxylic acids is 1. The number of hydrogen-bond donors (Lipinski definition) is 0. The molecule has 0 aliphatic heterocycles. The Morgan fingerprint density at radius 2 is 1.89 bits per heavy atom. The number of alkyl halides is 1. The van der Waals surface area contributed by atoms with Gasteiger partial charge >= 0.3 is 29.6 Å². The van der Waals surface area contributed by atoms with Crippen LogP contribution < -0.4 is 34.7 Å². The van der Waals surface area contributed by atoms with Crippen LogP contribution in [0.3, 0.4) is 0 Å². The Balaban J connectivity index is 0. The van der Waals surface area contributed by atoms with Gasteiger partial charge in [-0.3, -0.25) is 4.79 Å². The van der Waals surface area contributed by atoms with Crippen molar-refractivity contribution in [2.24, 2.45) is 0 Å². The molecule has 0 bridgehead atoms. The van der Waals surface area contributed by atoms with Gasteiger partial charge in [0.1, 0.15) is 0 Å². The summed E-state index contributed by atoms with van der Waals surface area (Å²) in [5, 5.41) is 10.4. The third-order valence-corrected chi connectivity index (χ3v) is 2.66. The predicted octanol–water partition coefficient (Wildman–Crippen LogP) is -2.10. The molecule has 0 rings (SSSR count). The molecule has 0 saturated carbocycles. The van der Waals surface area contributed by atoms with Crippen molar-refractivity contribution in [2.45, 2.75) is 52.1 Å². The molecule has 0 aliphatic rings. The van der Waals surface area contributed by atoms with Crippen molar-refractivity contribution >= 4 is 11.9 Å². The monoisotopic (exact) mass is 269 g/mol. The number of aliphatic carboxylic acids is 1. The maximum Gasteiger partial charge on any atom is 1.00 e. The van der Waals surface area contributed by atoms with Crippen molar-refractivity contribution in [1.82, 2.24) is 4.90 Å². The molecule has 0 saturated heterocycles. The van der Waals surface area contributed by atoms with Crippen molar-refractivity contribution in [3.8, 4) is 0 Å². The molecule has 6 heteroatoms. The number of nitrogens with zero attached hydrogens (tertiary/aromatic N) is 1. The molecule has 0 aliphatic carbocycles. The van der Waals surface area contributed by atoms with Gasteiger partial charge in [-0.1, -0.05) is 13.3 Å². The zero-order chi connectivity index (χ0) is 13.3. The van der Waals surface area contributed by atoms with Gasteiger partial charge in [0.05, 0.1) is 18.7 Å². The molecular formula is C12H21FNNaO3. The summed E-state index contributed by atoms with van der Waals surface area (Å²) >= 11 is 0. The van der Waals surface area contributed by atoms with Crippen molar-refractivity contribution in [3.05, 3.63) is 0 Å². The number of unbranched alkanes of at least 4 members (excludes halogenated alkanes) is 1. The van der Waals surface area contributed by atoms with Crippen molar-refractivity contribution in [2.75, 3.05) is 13.1 Å². The van der Waals surface area contributed by atoms with Crippen molar-refractivity contribution < 1.29 is 48.6 Å².